The Labute approximate surface area is 83.5 Å². The molecule has 1 aromatic carbocycles. The van der Waals surface area contributed by atoms with Gasteiger partial charge in [-0.15, -0.1) is 18.8 Å². The molecule has 1 aromatic rings. The van der Waals surface area contributed by atoms with Gasteiger partial charge in [0.15, 0.2) is 0 Å². The highest BCUT2D eigenvalue weighted by Gasteiger charge is 1.88. The minimum Gasteiger partial charge on any atom is -0.374 e. The van der Waals surface area contributed by atoms with E-state index in [1.54, 1.807) is 0 Å². The fourth-order valence-electron chi connectivity index (χ4n) is 0.721. The Morgan fingerprint density at radius 2 is 1.92 bits per heavy atom. The van der Waals surface area contributed by atoms with Crippen LogP contribution in [0.5, 0.6) is 0 Å². The highest BCUT2D eigenvalue weighted by molar-refractivity contribution is 6.30. The van der Waals surface area contributed by atoms with E-state index in [4.69, 9.17) is 18.0 Å². The number of benzene rings is 1. The van der Waals surface area contributed by atoms with Crippen LogP contribution in [0, 0.1) is 12.3 Å². The number of halogens is 2. The quantitative estimate of drug-likeness (QED) is 0.727. The molecule has 12 heavy (non-hydrogen) atoms. The van der Waals surface area contributed by atoms with E-state index in [9.17, 15) is 0 Å². The SMILES string of the molecule is C#CCNc1ccc(Cl)cc1.Cl. The lowest BCUT2D eigenvalue weighted by atomic mass is 10.3. The lowest BCUT2D eigenvalue weighted by Crippen LogP contribution is -1.96. The molecule has 0 amide bonds. The number of anilines is 1. The molecule has 3 heteroatoms. The molecule has 64 valence electrons. The van der Waals surface area contributed by atoms with E-state index < -0.39 is 0 Å². The third kappa shape index (κ3) is 3.52. The lowest BCUT2D eigenvalue weighted by molar-refractivity contribution is 1.38. The van der Waals surface area contributed by atoms with E-state index in [1.165, 1.54) is 0 Å². The summed E-state index contributed by atoms with van der Waals surface area (Å²) >= 11 is 5.68. The summed E-state index contributed by atoms with van der Waals surface area (Å²) in [5.74, 6) is 2.49. The van der Waals surface area contributed by atoms with Crippen molar-refractivity contribution in [2.45, 2.75) is 0 Å². The Morgan fingerprint density at radius 1 is 1.33 bits per heavy atom. The first-order chi connectivity index (χ1) is 5.33. The number of rotatable bonds is 2. The summed E-state index contributed by atoms with van der Waals surface area (Å²) in [4.78, 5) is 0. The fraction of sp³-hybridized carbons (Fsp3) is 0.111. The molecule has 0 saturated heterocycles. The molecular weight excluding hydrogens is 193 g/mol. The van der Waals surface area contributed by atoms with Crippen LogP contribution >= 0.6 is 24.0 Å². The predicted molar refractivity (Wildman–Crippen MR) is 56.0 cm³/mol. The Morgan fingerprint density at radius 3 is 2.42 bits per heavy atom. The Kier molecular flexibility index (Phi) is 5.36. The number of hydrogen-bond donors (Lipinski definition) is 1. The van der Waals surface area contributed by atoms with Crippen LogP contribution in [0.4, 0.5) is 5.69 Å². The second kappa shape index (κ2) is 5.77. The van der Waals surface area contributed by atoms with Gasteiger partial charge in [-0.2, -0.15) is 0 Å². The zero-order valence-corrected chi connectivity index (χ0v) is 7.95. The molecule has 0 saturated carbocycles. The van der Waals surface area contributed by atoms with Crippen molar-refractivity contribution in [3.05, 3.63) is 29.3 Å². The molecule has 0 radical (unpaired) electrons. The first-order valence-corrected chi connectivity index (χ1v) is 3.63. The van der Waals surface area contributed by atoms with Gasteiger partial charge in [0.05, 0.1) is 6.54 Å². The van der Waals surface area contributed by atoms with Crippen LogP contribution in [0.1, 0.15) is 0 Å². The lowest BCUT2D eigenvalue weighted by Gasteiger charge is -2.00. The van der Waals surface area contributed by atoms with Gasteiger partial charge >= 0.3 is 0 Å². The monoisotopic (exact) mass is 201 g/mol. The number of nitrogens with one attached hydrogen (secondary N) is 1. The molecule has 0 aliphatic heterocycles. The topological polar surface area (TPSA) is 12.0 Å². The van der Waals surface area contributed by atoms with Crippen molar-refractivity contribution in [1.29, 1.82) is 0 Å². The summed E-state index contributed by atoms with van der Waals surface area (Å²) in [6.45, 7) is 0.543. The van der Waals surface area contributed by atoms with Crippen LogP contribution in [-0.2, 0) is 0 Å². The van der Waals surface area contributed by atoms with Gasteiger partial charge in [0.25, 0.3) is 0 Å². The summed E-state index contributed by atoms with van der Waals surface area (Å²) < 4.78 is 0. The Bertz CT molecular complexity index is 261. The van der Waals surface area contributed by atoms with Crippen molar-refractivity contribution in [2.75, 3.05) is 11.9 Å². The second-order valence-electron chi connectivity index (χ2n) is 2.06. The zero-order valence-electron chi connectivity index (χ0n) is 6.38. The molecule has 0 heterocycles. The molecule has 0 unspecified atom stereocenters. The summed E-state index contributed by atoms with van der Waals surface area (Å²) in [5.41, 5.74) is 0.993. The highest BCUT2D eigenvalue weighted by atomic mass is 35.5. The molecule has 0 aliphatic carbocycles. The van der Waals surface area contributed by atoms with Crippen molar-refractivity contribution in [1.82, 2.24) is 0 Å². The maximum Gasteiger partial charge on any atom is 0.0763 e. The van der Waals surface area contributed by atoms with Crippen LogP contribution in [0.2, 0.25) is 5.02 Å². The van der Waals surface area contributed by atoms with Gasteiger partial charge in [0.1, 0.15) is 0 Å². The smallest absolute Gasteiger partial charge is 0.0763 e. The number of hydrogen-bond acceptors (Lipinski definition) is 1. The maximum atomic E-state index is 5.68. The van der Waals surface area contributed by atoms with Gasteiger partial charge < -0.3 is 5.32 Å². The van der Waals surface area contributed by atoms with Crippen molar-refractivity contribution < 1.29 is 0 Å². The first kappa shape index (κ1) is 11.2. The van der Waals surface area contributed by atoms with Gasteiger partial charge in [-0.25, -0.2) is 0 Å². The Hall–Kier alpha value is -0.840. The van der Waals surface area contributed by atoms with E-state index in [0.29, 0.717) is 6.54 Å². The molecule has 1 nitrogen and oxygen atoms in total. The predicted octanol–water partition coefficient (Wildman–Crippen LogP) is 2.81. The minimum atomic E-state index is 0. The molecule has 0 fully saturated rings. The maximum absolute atomic E-state index is 5.68. The largest absolute Gasteiger partial charge is 0.374 e. The standard InChI is InChI=1S/C9H8ClN.ClH/c1-2-7-11-9-5-3-8(10)4-6-9;/h1,3-6,11H,7H2;1H. The molecule has 0 bridgehead atoms. The average molecular weight is 202 g/mol. The van der Waals surface area contributed by atoms with Crippen LogP contribution in [0.15, 0.2) is 24.3 Å². The van der Waals surface area contributed by atoms with Gasteiger partial charge in [-0.1, -0.05) is 17.5 Å². The fourth-order valence-corrected chi connectivity index (χ4v) is 0.847. The Balaban J connectivity index is 0.00000121. The third-order valence-corrected chi connectivity index (χ3v) is 1.49. The van der Waals surface area contributed by atoms with E-state index in [1.807, 2.05) is 24.3 Å². The van der Waals surface area contributed by atoms with Gasteiger partial charge in [0, 0.05) is 10.7 Å². The first-order valence-electron chi connectivity index (χ1n) is 3.26. The molecule has 0 atom stereocenters. The van der Waals surface area contributed by atoms with Crippen molar-refractivity contribution >= 4 is 29.7 Å². The van der Waals surface area contributed by atoms with Gasteiger partial charge in [-0.3, -0.25) is 0 Å². The van der Waals surface area contributed by atoms with Gasteiger partial charge in [-0.05, 0) is 24.3 Å². The van der Waals surface area contributed by atoms with E-state index in [2.05, 4.69) is 11.2 Å². The van der Waals surface area contributed by atoms with Crippen LogP contribution in [0.25, 0.3) is 0 Å². The minimum absolute atomic E-state index is 0. The molecule has 1 N–H and O–H groups in total. The van der Waals surface area contributed by atoms with E-state index >= 15 is 0 Å². The van der Waals surface area contributed by atoms with Crippen LogP contribution in [-0.4, -0.2) is 6.54 Å². The summed E-state index contributed by atoms with van der Waals surface area (Å²) in [6.07, 6.45) is 5.07. The van der Waals surface area contributed by atoms with Crippen molar-refractivity contribution in [3.8, 4) is 12.3 Å². The molecule has 0 spiro atoms. The zero-order chi connectivity index (χ0) is 8.10. The second-order valence-corrected chi connectivity index (χ2v) is 2.50. The summed E-state index contributed by atoms with van der Waals surface area (Å²) in [6, 6.07) is 7.42. The van der Waals surface area contributed by atoms with E-state index in [0.717, 1.165) is 10.7 Å². The summed E-state index contributed by atoms with van der Waals surface area (Å²) in [7, 11) is 0. The van der Waals surface area contributed by atoms with Crippen LogP contribution in [0.3, 0.4) is 0 Å². The van der Waals surface area contributed by atoms with Gasteiger partial charge in [0.2, 0.25) is 0 Å². The normalized spacial score (nSPS) is 8.00. The third-order valence-electron chi connectivity index (χ3n) is 1.24. The highest BCUT2D eigenvalue weighted by Crippen LogP contribution is 2.12. The van der Waals surface area contributed by atoms with Crippen molar-refractivity contribution in [3.63, 3.8) is 0 Å². The van der Waals surface area contributed by atoms with Crippen LogP contribution < -0.4 is 5.32 Å². The molecule has 0 aromatic heterocycles. The molecule has 0 aliphatic rings. The molecule has 1 rings (SSSR count). The van der Waals surface area contributed by atoms with Crippen molar-refractivity contribution in [2.24, 2.45) is 0 Å². The number of terminal acetylenes is 1. The molecular formula is C9H9Cl2N. The average Bonchev–Trinajstić information content (AvgIpc) is 2.04. The van der Waals surface area contributed by atoms with E-state index in [-0.39, 0.29) is 12.4 Å². The summed E-state index contributed by atoms with van der Waals surface area (Å²) in [5, 5.41) is 3.76.